The third kappa shape index (κ3) is 4.61. The van der Waals surface area contributed by atoms with Crippen molar-refractivity contribution in [2.75, 3.05) is 44.2 Å². The second-order valence-corrected chi connectivity index (χ2v) is 11.0. The van der Waals surface area contributed by atoms with Gasteiger partial charge in [0.2, 0.25) is 11.8 Å². The van der Waals surface area contributed by atoms with Gasteiger partial charge in [-0.15, -0.1) is 0 Å². The van der Waals surface area contributed by atoms with E-state index < -0.39 is 5.97 Å². The van der Waals surface area contributed by atoms with E-state index in [1.165, 1.54) is 12.0 Å². The molecule has 1 saturated heterocycles. The van der Waals surface area contributed by atoms with E-state index in [1.54, 1.807) is 17.0 Å². The molecule has 1 saturated carbocycles. The fourth-order valence-corrected chi connectivity index (χ4v) is 6.75. The number of carboxylic acid groups (broad SMARTS) is 1. The van der Waals surface area contributed by atoms with Crippen molar-refractivity contribution in [1.82, 2.24) is 14.4 Å². The zero-order valence-electron chi connectivity index (χ0n) is 22.6. The van der Waals surface area contributed by atoms with Gasteiger partial charge >= 0.3 is 5.97 Å². The number of carbonyl (C=O) groups excluding carboxylic acids is 2. The molecule has 2 aromatic carbocycles. The predicted octanol–water partition coefficient (Wildman–Crippen LogP) is 4.56. The maximum absolute atomic E-state index is 13.9. The van der Waals surface area contributed by atoms with Gasteiger partial charge in [-0.25, -0.2) is 4.79 Å². The van der Waals surface area contributed by atoms with Crippen LogP contribution in [0.3, 0.4) is 0 Å². The van der Waals surface area contributed by atoms with Gasteiger partial charge in [0.15, 0.2) is 0 Å². The molecule has 0 bridgehead atoms. The van der Waals surface area contributed by atoms with Crippen LogP contribution in [0.25, 0.3) is 22.2 Å². The number of piperazine rings is 1. The second kappa shape index (κ2) is 10.5. The monoisotopic (exact) mass is 528 g/mol. The minimum Gasteiger partial charge on any atom is -0.478 e. The molecule has 0 spiro atoms. The van der Waals surface area contributed by atoms with Gasteiger partial charge in [-0.1, -0.05) is 50.5 Å². The first-order valence-corrected chi connectivity index (χ1v) is 14.3. The summed E-state index contributed by atoms with van der Waals surface area (Å²) < 4.78 is 2.01. The van der Waals surface area contributed by atoms with Crippen molar-refractivity contribution in [3.63, 3.8) is 0 Å². The van der Waals surface area contributed by atoms with Crippen molar-refractivity contribution < 1.29 is 19.5 Å². The van der Waals surface area contributed by atoms with Gasteiger partial charge in [-0.05, 0) is 49.1 Å². The molecule has 3 aromatic rings. The van der Waals surface area contributed by atoms with Crippen LogP contribution in [-0.4, -0.2) is 76.5 Å². The standard InChI is InChI=1S/C31H36N4O4/c1-2-32-14-16-33(17-15-32)27(36)19-34-25-11-7-6-10-24(25)30-29(21-8-4-3-5-9-21)23-13-12-22(31(38)39)18-26(23)35(30)20-28(34)37/h6-7,10-13,18,21H,2-5,8-9,14-17,19-20H2,1H3,(H,38,39). The summed E-state index contributed by atoms with van der Waals surface area (Å²) in [6.45, 7) is 6.21. The number of anilines is 1. The van der Waals surface area contributed by atoms with Crippen LogP contribution in [0.15, 0.2) is 42.5 Å². The number of fused-ring (bicyclic) bond motifs is 5. The lowest BCUT2D eigenvalue weighted by Crippen LogP contribution is -2.52. The van der Waals surface area contributed by atoms with E-state index in [0.717, 1.165) is 73.2 Å². The zero-order chi connectivity index (χ0) is 27.1. The number of rotatable bonds is 5. The first kappa shape index (κ1) is 25.6. The summed E-state index contributed by atoms with van der Waals surface area (Å²) in [5, 5.41) is 10.8. The van der Waals surface area contributed by atoms with Crippen molar-refractivity contribution in [1.29, 1.82) is 0 Å². The summed E-state index contributed by atoms with van der Waals surface area (Å²) >= 11 is 0. The Morgan fingerprint density at radius 1 is 0.974 bits per heavy atom. The Morgan fingerprint density at radius 2 is 1.72 bits per heavy atom. The smallest absolute Gasteiger partial charge is 0.335 e. The van der Waals surface area contributed by atoms with Gasteiger partial charge in [0, 0.05) is 37.1 Å². The van der Waals surface area contributed by atoms with E-state index in [9.17, 15) is 19.5 Å². The molecule has 2 aliphatic heterocycles. The van der Waals surface area contributed by atoms with Crippen LogP contribution in [0, 0.1) is 0 Å². The Labute approximate surface area is 228 Å². The van der Waals surface area contributed by atoms with Crippen LogP contribution in [0.4, 0.5) is 5.69 Å². The minimum atomic E-state index is -0.984. The van der Waals surface area contributed by atoms with Crippen molar-refractivity contribution >= 4 is 34.4 Å². The number of carboxylic acids is 1. The average molecular weight is 529 g/mol. The maximum Gasteiger partial charge on any atom is 0.335 e. The SMILES string of the molecule is CCN1CCN(C(=O)CN2C(=O)Cn3c(c(C4CCCCC4)c4ccc(C(=O)O)cc43)-c3ccccc32)CC1. The van der Waals surface area contributed by atoms with Gasteiger partial charge in [0.05, 0.1) is 22.5 Å². The van der Waals surface area contributed by atoms with Gasteiger partial charge in [0.25, 0.3) is 0 Å². The normalized spacial score (nSPS) is 18.6. The Bertz CT molecular complexity index is 1430. The van der Waals surface area contributed by atoms with E-state index in [0.29, 0.717) is 19.0 Å². The van der Waals surface area contributed by atoms with Crippen LogP contribution in [0.2, 0.25) is 0 Å². The number of likely N-dealkylation sites (N-methyl/N-ethyl adjacent to an activating group) is 1. The second-order valence-electron chi connectivity index (χ2n) is 11.0. The summed E-state index contributed by atoms with van der Waals surface area (Å²) in [4.78, 5) is 45.1. The lowest BCUT2D eigenvalue weighted by atomic mass is 9.81. The van der Waals surface area contributed by atoms with Crippen molar-refractivity contribution in [3.8, 4) is 11.3 Å². The molecule has 0 unspecified atom stereocenters. The molecule has 39 heavy (non-hydrogen) atoms. The summed E-state index contributed by atoms with van der Waals surface area (Å²) in [5.74, 6) is -0.831. The largest absolute Gasteiger partial charge is 0.478 e. The summed E-state index contributed by atoms with van der Waals surface area (Å²) in [6.07, 6.45) is 5.71. The van der Waals surface area contributed by atoms with Crippen LogP contribution < -0.4 is 4.90 Å². The number of amides is 2. The summed E-state index contributed by atoms with van der Waals surface area (Å²) in [5.41, 5.74) is 4.88. The molecule has 3 heterocycles. The number of hydrogen-bond donors (Lipinski definition) is 1. The quantitative estimate of drug-likeness (QED) is 0.525. The van der Waals surface area contributed by atoms with E-state index in [-0.39, 0.29) is 30.5 Å². The molecule has 3 aliphatic rings. The minimum absolute atomic E-state index is 0.00385. The molecule has 6 rings (SSSR count). The molecule has 0 atom stereocenters. The third-order valence-corrected chi connectivity index (χ3v) is 8.87. The highest BCUT2D eigenvalue weighted by Gasteiger charge is 2.34. The predicted molar refractivity (Wildman–Crippen MR) is 151 cm³/mol. The van der Waals surface area contributed by atoms with Gasteiger partial charge in [-0.3, -0.25) is 9.59 Å². The highest BCUT2D eigenvalue weighted by Crippen LogP contribution is 2.47. The Balaban J connectivity index is 1.45. The molecule has 1 aliphatic carbocycles. The molecule has 0 radical (unpaired) electrons. The van der Waals surface area contributed by atoms with E-state index >= 15 is 0 Å². The fourth-order valence-electron chi connectivity index (χ4n) is 6.75. The molecule has 1 N–H and O–H groups in total. The first-order chi connectivity index (χ1) is 19.0. The van der Waals surface area contributed by atoms with Crippen LogP contribution in [-0.2, 0) is 16.1 Å². The zero-order valence-corrected chi connectivity index (χ0v) is 22.6. The number of nitrogens with zero attached hydrogens (tertiary/aromatic N) is 4. The van der Waals surface area contributed by atoms with E-state index in [1.807, 2.05) is 39.8 Å². The van der Waals surface area contributed by atoms with Gasteiger partial charge in [0.1, 0.15) is 13.1 Å². The Morgan fingerprint density at radius 3 is 2.44 bits per heavy atom. The van der Waals surface area contributed by atoms with E-state index in [4.69, 9.17) is 0 Å². The first-order valence-electron chi connectivity index (χ1n) is 14.3. The number of aromatic nitrogens is 1. The fraction of sp³-hybridized carbons (Fsp3) is 0.452. The van der Waals surface area contributed by atoms with Crippen molar-refractivity contribution in [2.45, 2.75) is 51.5 Å². The van der Waals surface area contributed by atoms with E-state index in [2.05, 4.69) is 11.8 Å². The number of carbonyl (C=O) groups is 3. The molecular formula is C31H36N4O4. The molecule has 8 nitrogen and oxygen atoms in total. The number of aromatic carboxylic acids is 1. The van der Waals surface area contributed by atoms with Crippen molar-refractivity contribution in [2.24, 2.45) is 0 Å². The summed E-state index contributed by atoms with van der Waals surface area (Å²) in [7, 11) is 0. The maximum atomic E-state index is 13.9. The topological polar surface area (TPSA) is 86.1 Å². The van der Waals surface area contributed by atoms with Crippen LogP contribution >= 0.6 is 0 Å². The molecule has 204 valence electrons. The van der Waals surface area contributed by atoms with Crippen LogP contribution in [0.1, 0.15) is 60.9 Å². The lowest BCUT2D eigenvalue weighted by Gasteiger charge is -2.35. The highest BCUT2D eigenvalue weighted by atomic mass is 16.4. The van der Waals surface area contributed by atoms with Crippen molar-refractivity contribution in [3.05, 3.63) is 53.6 Å². The number of hydrogen-bond acceptors (Lipinski definition) is 4. The molecule has 8 heteroatoms. The van der Waals surface area contributed by atoms with Crippen LogP contribution in [0.5, 0.6) is 0 Å². The molecule has 2 fully saturated rings. The number of benzene rings is 2. The van der Waals surface area contributed by atoms with Gasteiger partial charge < -0.3 is 24.4 Å². The van der Waals surface area contributed by atoms with Gasteiger partial charge in [-0.2, -0.15) is 0 Å². The molecule has 1 aromatic heterocycles. The summed E-state index contributed by atoms with van der Waals surface area (Å²) in [6, 6.07) is 13.2. The molecular weight excluding hydrogens is 492 g/mol. The third-order valence-electron chi connectivity index (χ3n) is 8.87. The lowest BCUT2D eigenvalue weighted by molar-refractivity contribution is -0.133. The molecule has 2 amide bonds. The highest BCUT2D eigenvalue weighted by molar-refractivity contribution is 6.07. The Kier molecular flexibility index (Phi) is 6.89. The Hall–Kier alpha value is -3.65. The number of para-hydroxylation sites is 1. The average Bonchev–Trinajstić information content (AvgIpc) is 3.23.